The lowest BCUT2D eigenvalue weighted by Crippen LogP contribution is -2.77. The Balaban J connectivity index is 1.66. The van der Waals surface area contributed by atoms with Gasteiger partial charge < -0.3 is 15.4 Å². The predicted octanol–water partition coefficient (Wildman–Crippen LogP) is 3.02. The molecule has 0 radical (unpaired) electrons. The first-order valence-electron chi connectivity index (χ1n) is 7.68. The molecule has 1 heterocycles. The summed E-state index contributed by atoms with van der Waals surface area (Å²) in [4.78, 5) is 2.35. The molecular weight excluding hydrogens is 328 g/mol. The molecular formula is C17H25BrN2O. The molecule has 1 aliphatic heterocycles. The molecule has 2 aliphatic rings. The summed E-state index contributed by atoms with van der Waals surface area (Å²) in [5.74, 6) is 0.514. The number of benzene rings is 1. The van der Waals surface area contributed by atoms with Gasteiger partial charge in [0.05, 0.1) is 6.10 Å². The third kappa shape index (κ3) is 2.46. The van der Waals surface area contributed by atoms with Crippen LogP contribution in [0.2, 0.25) is 0 Å². The SMILES string of the molecule is CN(Cc1ccc(Br)cc1)CC1(N)C2CCOC2C1(C)C. The molecule has 4 heteroatoms. The molecule has 1 aromatic rings. The number of ether oxygens (including phenoxy) is 1. The molecule has 0 bridgehead atoms. The molecule has 3 rings (SSSR count). The summed E-state index contributed by atoms with van der Waals surface area (Å²) in [5, 5.41) is 0. The molecule has 3 unspecified atom stereocenters. The van der Waals surface area contributed by atoms with Gasteiger partial charge in [-0.25, -0.2) is 0 Å². The van der Waals surface area contributed by atoms with Gasteiger partial charge >= 0.3 is 0 Å². The average Bonchev–Trinajstić information content (AvgIpc) is 2.89. The van der Waals surface area contributed by atoms with Gasteiger partial charge in [-0.05, 0) is 31.2 Å². The van der Waals surface area contributed by atoms with Gasteiger partial charge in [-0.3, -0.25) is 0 Å². The molecule has 1 aromatic carbocycles. The van der Waals surface area contributed by atoms with E-state index >= 15 is 0 Å². The van der Waals surface area contributed by atoms with Crippen molar-refractivity contribution in [2.24, 2.45) is 17.1 Å². The summed E-state index contributed by atoms with van der Waals surface area (Å²) >= 11 is 3.48. The fourth-order valence-electron chi connectivity index (χ4n) is 4.20. The van der Waals surface area contributed by atoms with Crippen LogP contribution in [-0.4, -0.2) is 36.7 Å². The first-order chi connectivity index (χ1) is 9.84. The highest BCUT2D eigenvalue weighted by molar-refractivity contribution is 9.10. The van der Waals surface area contributed by atoms with Gasteiger partial charge in [0, 0.05) is 41.0 Å². The van der Waals surface area contributed by atoms with E-state index in [4.69, 9.17) is 10.5 Å². The lowest BCUT2D eigenvalue weighted by Gasteiger charge is -2.63. The molecule has 116 valence electrons. The maximum Gasteiger partial charge on any atom is 0.0691 e. The van der Waals surface area contributed by atoms with Crippen molar-refractivity contribution in [1.82, 2.24) is 4.90 Å². The number of nitrogens with two attached hydrogens (primary N) is 1. The van der Waals surface area contributed by atoms with Crippen LogP contribution in [0.15, 0.2) is 28.7 Å². The molecule has 3 atom stereocenters. The molecule has 0 amide bonds. The summed E-state index contributed by atoms with van der Waals surface area (Å²) in [7, 11) is 2.16. The van der Waals surface area contributed by atoms with Crippen LogP contribution in [0, 0.1) is 11.3 Å². The average molecular weight is 353 g/mol. The second kappa shape index (κ2) is 5.34. The molecule has 0 spiro atoms. The maximum absolute atomic E-state index is 6.82. The summed E-state index contributed by atoms with van der Waals surface area (Å²) < 4.78 is 6.99. The highest BCUT2D eigenvalue weighted by atomic mass is 79.9. The first kappa shape index (κ1) is 15.5. The van der Waals surface area contributed by atoms with E-state index in [-0.39, 0.29) is 11.0 Å². The van der Waals surface area contributed by atoms with Gasteiger partial charge in [-0.15, -0.1) is 0 Å². The molecule has 2 fully saturated rings. The number of fused-ring (bicyclic) bond motifs is 1. The topological polar surface area (TPSA) is 38.5 Å². The minimum atomic E-state index is -0.141. The van der Waals surface area contributed by atoms with E-state index in [0.29, 0.717) is 12.0 Å². The molecule has 1 saturated heterocycles. The third-order valence-electron chi connectivity index (χ3n) is 5.56. The number of nitrogens with zero attached hydrogens (tertiary/aromatic N) is 1. The molecule has 3 nitrogen and oxygen atoms in total. The minimum Gasteiger partial charge on any atom is -0.377 e. The van der Waals surface area contributed by atoms with E-state index in [1.165, 1.54) is 5.56 Å². The van der Waals surface area contributed by atoms with E-state index < -0.39 is 0 Å². The van der Waals surface area contributed by atoms with Gasteiger partial charge in [0.25, 0.3) is 0 Å². The Bertz CT molecular complexity index is 516. The molecule has 21 heavy (non-hydrogen) atoms. The van der Waals surface area contributed by atoms with Crippen molar-refractivity contribution < 1.29 is 4.74 Å². The van der Waals surface area contributed by atoms with Gasteiger partial charge in [-0.2, -0.15) is 0 Å². The predicted molar refractivity (Wildman–Crippen MR) is 89.0 cm³/mol. The number of halogens is 1. The fraction of sp³-hybridized carbons (Fsp3) is 0.647. The lowest BCUT2D eigenvalue weighted by molar-refractivity contribution is -0.162. The Morgan fingerprint density at radius 2 is 2.00 bits per heavy atom. The van der Waals surface area contributed by atoms with Crippen LogP contribution in [0.4, 0.5) is 0 Å². The monoisotopic (exact) mass is 352 g/mol. The van der Waals surface area contributed by atoms with Crippen LogP contribution in [-0.2, 0) is 11.3 Å². The van der Waals surface area contributed by atoms with E-state index in [2.05, 4.69) is 66.0 Å². The van der Waals surface area contributed by atoms with Crippen molar-refractivity contribution in [1.29, 1.82) is 0 Å². The van der Waals surface area contributed by atoms with Crippen LogP contribution < -0.4 is 5.73 Å². The highest BCUT2D eigenvalue weighted by Crippen LogP contribution is 2.58. The molecule has 1 aliphatic carbocycles. The Morgan fingerprint density at radius 1 is 1.33 bits per heavy atom. The first-order valence-corrected chi connectivity index (χ1v) is 8.47. The van der Waals surface area contributed by atoms with Crippen LogP contribution in [0.3, 0.4) is 0 Å². The van der Waals surface area contributed by atoms with Crippen molar-refractivity contribution in [2.45, 2.75) is 38.5 Å². The lowest BCUT2D eigenvalue weighted by atomic mass is 9.48. The summed E-state index contributed by atoms with van der Waals surface area (Å²) in [6, 6.07) is 8.51. The van der Waals surface area contributed by atoms with Crippen LogP contribution >= 0.6 is 15.9 Å². The van der Waals surface area contributed by atoms with Crippen LogP contribution in [0.25, 0.3) is 0 Å². The Labute approximate surface area is 136 Å². The number of hydrogen-bond donors (Lipinski definition) is 1. The van der Waals surface area contributed by atoms with Gasteiger partial charge in [-0.1, -0.05) is 41.9 Å². The maximum atomic E-state index is 6.82. The standard InChI is InChI=1S/C17H25BrN2O/c1-16(2)15-14(8-9-21-15)17(16,19)11-20(3)10-12-4-6-13(18)7-5-12/h4-7,14-15H,8-11,19H2,1-3H3. The minimum absolute atomic E-state index is 0.0577. The van der Waals surface area contributed by atoms with E-state index in [1.54, 1.807) is 0 Å². The van der Waals surface area contributed by atoms with Gasteiger partial charge in [0.2, 0.25) is 0 Å². The molecule has 1 saturated carbocycles. The molecule has 2 N–H and O–H groups in total. The quantitative estimate of drug-likeness (QED) is 0.904. The van der Waals surface area contributed by atoms with Crippen molar-refractivity contribution in [3.63, 3.8) is 0 Å². The second-order valence-corrected chi connectivity index (χ2v) is 8.16. The van der Waals surface area contributed by atoms with Gasteiger partial charge in [0.1, 0.15) is 0 Å². The normalized spacial score (nSPS) is 33.8. The highest BCUT2D eigenvalue weighted by Gasteiger charge is 2.67. The fourth-order valence-corrected chi connectivity index (χ4v) is 4.46. The zero-order valence-corrected chi connectivity index (χ0v) is 14.7. The largest absolute Gasteiger partial charge is 0.377 e. The van der Waals surface area contributed by atoms with E-state index in [1.807, 2.05) is 0 Å². The van der Waals surface area contributed by atoms with Crippen LogP contribution in [0.5, 0.6) is 0 Å². The Hall–Kier alpha value is -0.420. The van der Waals surface area contributed by atoms with E-state index in [0.717, 1.165) is 30.6 Å². The second-order valence-electron chi connectivity index (χ2n) is 7.25. The number of likely N-dealkylation sites (N-methyl/N-ethyl adjacent to an activating group) is 1. The van der Waals surface area contributed by atoms with E-state index in [9.17, 15) is 0 Å². The smallest absolute Gasteiger partial charge is 0.0691 e. The van der Waals surface area contributed by atoms with Crippen LogP contribution in [0.1, 0.15) is 25.8 Å². The summed E-state index contributed by atoms with van der Waals surface area (Å²) in [5.41, 5.74) is 8.05. The van der Waals surface area contributed by atoms with Crippen molar-refractivity contribution >= 4 is 15.9 Å². The summed E-state index contributed by atoms with van der Waals surface area (Å²) in [6.07, 6.45) is 1.46. The van der Waals surface area contributed by atoms with Crippen molar-refractivity contribution in [3.05, 3.63) is 34.3 Å². The Morgan fingerprint density at radius 3 is 2.67 bits per heavy atom. The zero-order valence-electron chi connectivity index (χ0n) is 13.1. The Kier molecular flexibility index (Phi) is 3.93. The zero-order chi connectivity index (χ0) is 15.3. The number of rotatable bonds is 4. The number of hydrogen-bond acceptors (Lipinski definition) is 3. The molecule has 0 aromatic heterocycles. The summed E-state index contributed by atoms with van der Waals surface area (Å²) in [6.45, 7) is 7.23. The van der Waals surface area contributed by atoms with Crippen molar-refractivity contribution in [2.75, 3.05) is 20.2 Å². The van der Waals surface area contributed by atoms with Gasteiger partial charge in [0.15, 0.2) is 0 Å². The third-order valence-corrected chi connectivity index (χ3v) is 6.09. The van der Waals surface area contributed by atoms with Crippen molar-refractivity contribution in [3.8, 4) is 0 Å².